The lowest BCUT2D eigenvalue weighted by atomic mass is 10.2. The number of amides is 2. The van der Waals surface area contributed by atoms with E-state index in [1.807, 2.05) is 30.3 Å². The minimum atomic E-state index is -0.263. The van der Waals surface area contributed by atoms with Gasteiger partial charge < -0.3 is 25.4 Å². The van der Waals surface area contributed by atoms with E-state index in [1.54, 1.807) is 18.8 Å². The third kappa shape index (κ3) is 5.81. The summed E-state index contributed by atoms with van der Waals surface area (Å²) in [4.78, 5) is 23.3. The zero-order valence-corrected chi connectivity index (χ0v) is 17.5. The summed E-state index contributed by atoms with van der Waals surface area (Å²) in [5, 5.41) is 14.3. The number of carbonyl (C=O) groups excluding carboxylic acids is 1. The molecule has 1 aromatic carbocycles. The van der Waals surface area contributed by atoms with E-state index < -0.39 is 0 Å². The third-order valence-corrected chi connectivity index (χ3v) is 5.51. The van der Waals surface area contributed by atoms with Crippen molar-refractivity contribution in [1.29, 1.82) is 0 Å². The van der Waals surface area contributed by atoms with Crippen LogP contribution in [0.2, 0.25) is 0 Å². The molecule has 0 radical (unpaired) electrons. The number of thioether (sulfide) groups is 1. The molecule has 2 heterocycles. The van der Waals surface area contributed by atoms with E-state index in [9.17, 15) is 4.79 Å². The second-order valence-electron chi connectivity index (χ2n) is 6.72. The second kappa shape index (κ2) is 10.4. The Labute approximate surface area is 175 Å². The van der Waals surface area contributed by atoms with Crippen LogP contribution in [0, 0.1) is 0 Å². The van der Waals surface area contributed by atoms with E-state index in [1.165, 1.54) is 0 Å². The van der Waals surface area contributed by atoms with Crippen molar-refractivity contribution in [3.8, 4) is 11.4 Å². The lowest BCUT2D eigenvalue weighted by molar-refractivity contribution is 0.0985. The zero-order valence-electron chi connectivity index (χ0n) is 16.7. The minimum absolute atomic E-state index is 0.149. The fraction of sp³-hybridized carbons (Fsp3) is 0.450. The summed E-state index contributed by atoms with van der Waals surface area (Å²) in [5.74, 6) is 2.91. The number of nitrogens with one attached hydrogen (secondary N) is 2. The number of aromatic nitrogens is 2. The maximum absolute atomic E-state index is 11.5. The molecule has 1 aromatic heterocycles. The molecule has 29 heavy (non-hydrogen) atoms. The number of urea groups is 1. The molecule has 3 N–H and O–H groups in total. The number of rotatable bonds is 7. The van der Waals surface area contributed by atoms with E-state index in [0.717, 1.165) is 23.6 Å². The maximum Gasteiger partial charge on any atom is 0.318 e. The summed E-state index contributed by atoms with van der Waals surface area (Å²) >= 11 is 1.64. The molecule has 3 rings (SSSR count). The zero-order chi connectivity index (χ0) is 20.6. The summed E-state index contributed by atoms with van der Waals surface area (Å²) in [6.45, 7) is 4.41. The first-order chi connectivity index (χ1) is 14.1. The topological polar surface area (TPSA) is 99.6 Å². The van der Waals surface area contributed by atoms with Crippen molar-refractivity contribution in [2.45, 2.75) is 18.7 Å². The van der Waals surface area contributed by atoms with E-state index in [-0.39, 0.29) is 18.7 Å². The van der Waals surface area contributed by atoms with Gasteiger partial charge in [0.25, 0.3) is 0 Å². The van der Waals surface area contributed by atoms with Gasteiger partial charge >= 0.3 is 6.03 Å². The van der Waals surface area contributed by atoms with Crippen molar-refractivity contribution < 1.29 is 14.6 Å². The minimum Gasteiger partial charge on any atom is -0.396 e. The molecule has 1 atom stereocenters. The number of ether oxygens (including phenoxy) is 1. The highest BCUT2D eigenvalue weighted by atomic mass is 32.2. The highest BCUT2D eigenvalue weighted by Crippen LogP contribution is 2.25. The summed E-state index contributed by atoms with van der Waals surface area (Å²) in [7, 11) is 1.58. The molecule has 156 valence electrons. The van der Waals surface area contributed by atoms with Crippen molar-refractivity contribution >= 4 is 29.3 Å². The molecule has 8 nitrogen and oxygen atoms in total. The highest BCUT2D eigenvalue weighted by molar-refractivity contribution is 7.98. The van der Waals surface area contributed by atoms with Gasteiger partial charge in [0, 0.05) is 42.4 Å². The Bertz CT molecular complexity index is 818. The average molecular weight is 418 g/mol. The largest absolute Gasteiger partial charge is 0.396 e. The van der Waals surface area contributed by atoms with Crippen molar-refractivity contribution in [1.82, 2.24) is 15.3 Å². The van der Waals surface area contributed by atoms with Gasteiger partial charge in [-0.2, -0.15) is 11.8 Å². The van der Waals surface area contributed by atoms with Crippen molar-refractivity contribution in [2.24, 2.45) is 0 Å². The summed E-state index contributed by atoms with van der Waals surface area (Å²) in [6, 6.07) is 9.47. The van der Waals surface area contributed by atoms with E-state index in [0.29, 0.717) is 36.2 Å². The van der Waals surface area contributed by atoms with Crippen LogP contribution in [0.15, 0.2) is 30.3 Å². The first kappa shape index (κ1) is 21.4. The quantitative estimate of drug-likeness (QED) is 0.595. The molecule has 9 heteroatoms. The normalized spacial score (nSPS) is 16.5. The molecule has 2 aromatic rings. The van der Waals surface area contributed by atoms with Crippen LogP contribution in [0.3, 0.4) is 0 Å². The van der Waals surface area contributed by atoms with Gasteiger partial charge in [0.15, 0.2) is 5.82 Å². The lowest BCUT2D eigenvalue weighted by Crippen LogP contribution is -2.44. The van der Waals surface area contributed by atoms with Crippen LogP contribution in [0.4, 0.5) is 16.3 Å². The van der Waals surface area contributed by atoms with Crippen LogP contribution in [0.5, 0.6) is 0 Å². The lowest BCUT2D eigenvalue weighted by Gasteiger charge is -2.34. The van der Waals surface area contributed by atoms with E-state index in [4.69, 9.17) is 19.8 Å². The van der Waals surface area contributed by atoms with Gasteiger partial charge in [-0.25, -0.2) is 14.8 Å². The SMILES string of the molecule is CNC(=O)Nc1ccc(-c2nc(CSCCO)cc(N3CCOC[C@H]3C)n2)cc1. The second-order valence-corrected chi connectivity index (χ2v) is 7.82. The Hall–Kier alpha value is -2.36. The van der Waals surface area contributed by atoms with Gasteiger partial charge in [0.1, 0.15) is 5.82 Å². The molecule has 1 saturated heterocycles. The molecule has 0 aliphatic carbocycles. The molecule has 1 fully saturated rings. The first-order valence-electron chi connectivity index (χ1n) is 9.61. The number of aliphatic hydroxyl groups excluding tert-OH is 1. The van der Waals surface area contributed by atoms with Gasteiger partial charge in [0.05, 0.1) is 31.6 Å². The van der Waals surface area contributed by atoms with E-state index >= 15 is 0 Å². The molecule has 1 aliphatic heterocycles. The smallest absolute Gasteiger partial charge is 0.318 e. The summed E-state index contributed by atoms with van der Waals surface area (Å²) < 4.78 is 5.56. The predicted octanol–water partition coefficient (Wildman–Crippen LogP) is 2.35. The van der Waals surface area contributed by atoms with Crippen LogP contribution < -0.4 is 15.5 Å². The molecule has 2 amide bonds. The van der Waals surface area contributed by atoms with Gasteiger partial charge in [-0.3, -0.25) is 0 Å². The molecule has 0 spiro atoms. The average Bonchev–Trinajstić information content (AvgIpc) is 2.74. The van der Waals surface area contributed by atoms with Crippen LogP contribution in [0.1, 0.15) is 12.6 Å². The van der Waals surface area contributed by atoms with Gasteiger partial charge in [-0.15, -0.1) is 0 Å². The Kier molecular flexibility index (Phi) is 7.68. The predicted molar refractivity (Wildman–Crippen MR) is 116 cm³/mol. The van der Waals surface area contributed by atoms with Crippen molar-refractivity contribution in [3.05, 3.63) is 36.0 Å². The van der Waals surface area contributed by atoms with Crippen LogP contribution >= 0.6 is 11.8 Å². The number of morpholine rings is 1. The number of benzene rings is 1. The number of hydrogen-bond donors (Lipinski definition) is 3. The van der Waals surface area contributed by atoms with Gasteiger partial charge in [-0.05, 0) is 31.2 Å². The summed E-state index contributed by atoms with van der Waals surface area (Å²) in [6.07, 6.45) is 0. The Morgan fingerprint density at radius 3 is 2.83 bits per heavy atom. The third-order valence-electron chi connectivity index (χ3n) is 4.54. The Morgan fingerprint density at radius 1 is 1.34 bits per heavy atom. The fourth-order valence-corrected chi connectivity index (χ4v) is 3.67. The van der Waals surface area contributed by atoms with Crippen LogP contribution in [-0.4, -0.2) is 66.3 Å². The maximum atomic E-state index is 11.5. The van der Waals surface area contributed by atoms with Gasteiger partial charge in [-0.1, -0.05) is 0 Å². The summed E-state index contributed by atoms with van der Waals surface area (Å²) in [5.41, 5.74) is 2.50. The number of carbonyl (C=O) groups is 1. The standard InChI is InChI=1S/C20H27N5O3S/c1-14-12-28-9-7-25(14)18-11-17(13-29-10-8-26)22-19(24-18)15-3-5-16(6-4-15)23-20(27)21-2/h3-6,11,14,26H,7-10,12-13H2,1-2H3,(H2,21,23,27)/t14-/m1/s1. The molecule has 0 saturated carbocycles. The number of anilines is 2. The molecule has 0 bridgehead atoms. The molecular weight excluding hydrogens is 390 g/mol. The first-order valence-corrected chi connectivity index (χ1v) is 10.8. The molecular formula is C20H27N5O3S. The Balaban J connectivity index is 1.88. The van der Waals surface area contributed by atoms with Crippen LogP contribution in [-0.2, 0) is 10.5 Å². The van der Waals surface area contributed by atoms with Crippen LogP contribution in [0.25, 0.3) is 11.4 Å². The number of aliphatic hydroxyl groups is 1. The van der Waals surface area contributed by atoms with E-state index in [2.05, 4.69) is 22.5 Å². The van der Waals surface area contributed by atoms with Crippen molar-refractivity contribution in [3.63, 3.8) is 0 Å². The Morgan fingerprint density at radius 2 is 2.14 bits per heavy atom. The number of hydrogen-bond acceptors (Lipinski definition) is 7. The fourth-order valence-electron chi connectivity index (χ4n) is 3.04. The number of nitrogens with zero attached hydrogens (tertiary/aromatic N) is 3. The van der Waals surface area contributed by atoms with Crippen molar-refractivity contribution in [2.75, 3.05) is 49.4 Å². The molecule has 0 unspecified atom stereocenters. The van der Waals surface area contributed by atoms with Gasteiger partial charge in [0.2, 0.25) is 0 Å². The highest BCUT2D eigenvalue weighted by Gasteiger charge is 2.21. The molecule has 1 aliphatic rings. The monoisotopic (exact) mass is 417 g/mol.